The highest BCUT2D eigenvalue weighted by molar-refractivity contribution is 5.73. The molecule has 6 nitrogen and oxygen atoms in total. The number of amides is 1. The first-order chi connectivity index (χ1) is 15.9. The lowest BCUT2D eigenvalue weighted by Gasteiger charge is -2.38. The van der Waals surface area contributed by atoms with Crippen molar-refractivity contribution in [3.8, 4) is 5.75 Å². The van der Waals surface area contributed by atoms with Crippen molar-refractivity contribution in [1.82, 2.24) is 10.6 Å². The summed E-state index contributed by atoms with van der Waals surface area (Å²) in [6.45, 7) is 9.79. The summed E-state index contributed by atoms with van der Waals surface area (Å²) in [6, 6.07) is 8.14. The van der Waals surface area contributed by atoms with Crippen molar-refractivity contribution in [3.05, 3.63) is 64.7 Å². The van der Waals surface area contributed by atoms with Crippen LogP contribution >= 0.6 is 0 Å². The Morgan fingerprint density at radius 1 is 1.21 bits per heavy atom. The molecule has 2 aromatic rings. The van der Waals surface area contributed by atoms with Crippen LogP contribution in [0.3, 0.4) is 0 Å². The largest absolute Gasteiger partial charge is 0.491 e. The van der Waals surface area contributed by atoms with Crippen LogP contribution in [0.5, 0.6) is 5.75 Å². The van der Waals surface area contributed by atoms with Gasteiger partial charge in [-0.3, -0.25) is 4.79 Å². The number of benzene rings is 2. The molecule has 1 aliphatic rings. The Kier molecular flexibility index (Phi) is 8.28. The molecule has 3 atom stereocenters. The van der Waals surface area contributed by atoms with E-state index in [0.29, 0.717) is 12.2 Å². The third-order valence-corrected chi connectivity index (χ3v) is 5.83. The van der Waals surface area contributed by atoms with Gasteiger partial charge >= 0.3 is 0 Å². The zero-order chi connectivity index (χ0) is 25.0. The average Bonchev–Trinajstić information content (AvgIpc) is 2.71. The summed E-state index contributed by atoms with van der Waals surface area (Å²) in [4.78, 5) is 11.7. The number of hydrogen-bond acceptors (Lipinski definition) is 5. The summed E-state index contributed by atoms with van der Waals surface area (Å²) in [5.74, 6) is -1.00. The number of carbonyl (C=O) groups is 1. The van der Waals surface area contributed by atoms with Gasteiger partial charge in [0.25, 0.3) is 0 Å². The molecule has 0 aromatic heterocycles. The molecule has 0 spiro atoms. The first-order valence-electron chi connectivity index (χ1n) is 11.5. The van der Waals surface area contributed by atoms with Gasteiger partial charge in [-0.15, -0.1) is 0 Å². The Balaban J connectivity index is 1.76. The Bertz CT molecular complexity index is 992. The molecule has 0 saturated heterocycles. The molecule has 186 valence electrons. The summed E-state index contributed by atoms with van der Waals surface area (Å²) >= 11 is 0. The van der Waals surface area contributed by atoms with Crippen LogP contribution in [0.25, 0.3) is 0 Å². The van der Waals surface area contributed by atoms with E-state index >= 15 is 0 Å². The number of hydrogen-bond donors (Lipinski definition) is 3. The van der Waals surface area contributed by atoms with Crippen molar-refractivity contribution >= 4 is 5.91 Å². The van der Waals surface area contributed by atoms with Crippen molar-refractivity contribution < 1.29 is 28.2 Å². The summed E-state index contributed by atoms with van der Waals surface area (Å²) < 4.78 is 39.2. The van der Waals surface area contributed by atoms with Gasteiger partial charge in [0, 0.05) is 19.5 Å². The molecule has 0 saturated carbocycles. The van der Waals surface area contributed by atoms with Crippen LogP contribution in [-0.2, 0) is 21.6 Å². The number of halogens is 2. The van der Waals surface area contributed by atoms with Crippen LogP contribution in [0.2, 0.25) is 0 Å². The van der Waals surface area contributed by atoms with E-state index in [9.17, 15) is 18.7 Å². The van der Waals surface area contributed by atoms with Gasteiger partial charge in [0.15, 0.2) is 0 Å². The van der Waals surface area contributed by atoms with Gasteiger partial charge in [-0.25, -0.2) is 8.78 Å². The van der Waals surface area contributed by atoms with E-state index in [1.807, 2.05) is 45.9 Å². The Hall–Kier alpha value is -2.55. The second kappa shape index (κ2) is 10.8. The van der Waals surface area contributed by atoms with Gasteiger partial charge < -0.3 is 25.2 Å². The zero-order valence-corrected chi connectivity index (χ0v) is 20.3. The van der Waals surface area contributed by atoms with E-state index in [1.54, 1.807) is 0 Å². The molecule has 3 rings (SSSR count). The molecular weight excluding hydrogens is 442 g/mol. The second-order valence-electron chi connectivity index (χ2n) is 9.55. The van der Waals surface area contributed by atoms with E-state index in [0.717, 1.165) is 22.9 Å². The van der Waals surface area contributed by atoms with Crippen molar-refractivity contribution in [2.75, 3.05) is 13.2 Å². The highest BCUT2D eigenvalue weighted by Crippen LogP contribution is 2.38. The quantitative estimate of drug-likeness (QED) is 0.514. The van der Waals surface area contributed by atoms with Crippen LogP contribution in [-0.4, -0.2) is 42.4 Å². The van der Waals surface area contributed by atoms with Crippen molar-refractivity contribution in [3.63, 3.8) is 0 Å². The molecule has 0 aliphatic carbocycles. The number of aliphatic hydroxyl groups is 1. The number of aliphatic hydroxyl groups excluding tert-OH is 1. The fourth-order valence-corrected chi connectivity index (χ4v) is 4.28. The van der Waals surface area contributed by atoms with E-state index in [1.165, 1.54) is 19.1 Å². The van der Waals surface area contributed by atoms with Crippen LogP contribution < -0.4 is 15.4 Å². The topological polar surface area (TPSA) is 79.8 Å². The van der Waals surface area contributed by atoms with Gasteiger partial charge in [-0.1, -0.05) is 6.07 Å². The minimum Gasteiger partial charge on any atom is -0.491 e. The molecule has 8 heteroatoms. The van der Waals surface area contributed by atoms with Crippen LogP contribution in [0.4, 0.5) is 8.78 Å². The molecule has 1 heterocycles. The Labute approximate surface area is 199 Å². The maximum atomic E-state index is 13.6. The number of nitrogens with one attached hydrogen (secondary N) is 2. The molecular formula is C26H34F2N2O4. The molecule has 2 aromatic carbocycles. The lowest BCUT2D eigenvalue weighted by Crippen LogP contribution is -2.49. The van der Waals surface area contributed by atoms with Crippen LogP contribution in [0, 0.1) is 11.6 Å². The first kappa shape index (κ1) is 26.1. The zero-order valence-electron chi connectivity index (χ0n) is 20.3. The summed E-state index contributed by atoms with van der Waals surface area (Å²) in [5.41, 5.74) is 1.92. The Morgan fingerprint density at radius 2 is 1.88 bits per heavy atom. The third-order valence-electron chi connectivity index (χ3n) is 5.83. The number of carbonyl (C=O) groups excluding carboxylic acids is 1. The minimum absolute atomic E-state index is 0.0326. The first-order valence-corrected chi connectivity index (χ1v) is 11.5. The molecule has 1 aliphatic heterocycles. The maximum absolute atomic E-state index is 13.6. The lowest BCUT2D eigenvalue weighted by molar-refractivity contribution is -0.120. The van der Waals surface area contributed by atoms with Gasteiger partial charge in [0.05, 0.1) is 36.5 Å². The highest BCUT2D eigenvalue weighted by Gasteiger charge is 2.34. The average molecular weight is 477 g/mol. The van der Waals surface area contributed by atoms with Gasteiger partial charge in [0.2, 0.25) is 5.91 Å². The van der Waals surface area contributed by atoms with Crippen LogP contribution in [0.1, 0.15) is 57.4 Å². The summed E-state index contributed by atoms with van der Waals surface area (Å²) in [6.07, 6.45) is -0.900. The standard InChI is InChI=1S/C26H34F2N2O4/c1-15(2)34-20-6-7-22-21(12-20)24(14-33-26(22,4)5)29-13-25(32)23(30-16(3)31)10-17-8-18(27)11-19(28)9-17/h6-9,11-12,15,23-25,29,32H,10,13-14H2,1-5H3,(H,30,31)/t23-,24?,25+/m0/s1. The number of fused-ring (bicyclic) bond motifs is 1. The molecule has 0 fully saturated rings. The third kappa shape index (κ3) is 6.74. The fraction of sp³-hybridized carbons (Fsp3) is 0.500. The van der Waals surface area contributed by atoms with Crippen molar-refractivity contribution in [2.45, 2.75) is 70.9 Å². The maximum Gasteiger partial charge on any atom is 0.217 e. The molecule has 0 radical (unpaired) electrons. The minimum atomic E-state index is -1.01. The number of rotatable bonds is 9. The molecule has 1 amide bonds. The summed E-state index contributed by atoms with van der Waals surface area (Å²) in [5, 5.41) is 16.9. The van der Waals surface area contributed by atoms with Gasteiger partial charge in [-0.2, -0.15) is 0 Å². The highest BCUT2D eigenvalue weighted by atomic mass is 19.1. The molecule has 1 unspecified atom stereocenters. The van der Waals surface area contributed by atoms with Gasteiger partial charge in [-0.05, 0) is 75.1 Å². The summed E-state index contributed by atoms with van der Waals surface area (Å²) in [7, 11) is 0. The Morgan fingerprint density at radius 3 is 2.50 bits per heavy atom. The van der Waals surface area contributed by atoms with Crippen molar-refractivity contribution in [2.24, 2.45) is 0 Å². The van der Waals surface area contributed by atoms with Crippen LogP contribution in [0.15, 0.2) is 36.4 Å². The molecule has 0 bridgehead atoms. The van der Waals surface area contributed by atoms with E-state index in [2.05, 4.69) is 10.6 Å². The SMILES string of the molecule is CC(=O)N[C@@H](Cc1cc(F)cc(F)c1)[C@H](O)CNC1COC(C)(C)c2ccc(OC(C)C)cc21. The smallest absolute Gasteiger partial charge is 0.217 e. The van der Waals surface area contributed by atoms with E-state index < -0.39 is 29.4 Å². The molecule has 3 N–H and O–H groups in total. The van der Waals surface area contributed by atoms with E-state index in [-0.39, 0.29) is 31.0 Å². The van der Waals surface area contributed by atoms with Gasteiger partial charge in [0.1, 0.15) is 17.4 Å². The lowest BCUT2D eigenvalue weighted by atomic mass is 9.86. The predicted molar refractivity (Wildman–Crippen MR) is 126 cm³/mol. The second-order valence-corrected chi connectivity index (χ2v) is 9.55. The number of ether oxygens (including phenoxy) is 2. The fourth-order valence-electron chi connectivity index (χ4n) is 4.28. The van der Waals surface area contributed by atoms with Crippen molar-refractivity contribution in [1.29, 1.82) is 0 Å². The van der Waals surface area contributed by atoms with E-state index in [4.69, 9.17) is 9.47 Å². The molecule has 34 heavy (non-hydrogen) atoms. The monoisotopic (exact) mass is 476 g/mol. The normalized spacial score (nSPS) is 18.8. The predicted octanol–water partition coefficient (Wildman–Crippen LogP) is 3.76.